The van der Waals surface area contributed by atoms with Crippen molar-refractivity contribution in [3.63, 3.8) is 0 Å². The summed E-state index contributed by atoms with van der Waals surface area (Å²) >= 11 is 0. The van der Waals surface area contributed by atoms with E-state index in [1.54, 1.807) is 12.1 Å². The Balaban J connectivity index is 1.22. The molecular weight excluding hydrogens is 559 g/mol. The molecule has 6 rings (SSSR count). The molecule has 0 bridgehead atoms. The van der Waals surface area contributed by atoms with Gasteiger partial charge in [0.2, 0.25) is 0 Å². The third-order valence-corrected chi connectivity index (χ3v) is 10.6. The van der Waals surface area contributed by atoms with E-state index < -0.39 is 21.9 Å². The first-order valence-electron chi connectivity index (χ1n) is 14.5. The van der Waals surface area contributed by atoms with Crippen molar-refractivity contribution in [1.29, 1.82) is 0 Å². The van der Waals surface area contributed by atoms with Gasteiger partial charge in [0.25, 0.3) is 0 Å². The van der Waals surface area contributed by atoms with Crippen LogP contribution in [0.1, 0.15) is 65.5 Å². The summed E-state index contributed by atoms with van der Waals surface area (Å²) in [4.78, 5) is 11.2. The fourth-order valence-corrected chi connectivity index (χ4v) is 8.55. The second kappa shape index (κ2) is 11.2. The number of ether oxygens (including phenoxy) is 3. The Hall–Kier alpha value is -3.59. The summed E-state index contributed by atoms with van der Waals surface area (Å²) in [6.45, 7) is 4.72. The molecule has 1 saturated heterocycles. The molecule has 1 aliphatic carbocycles. The number of aryl methyl sites for hydroxylation is 2. The van der Waals surface area contributed by atoms with Crippen LogP contribution in [-0.2, 0) is 21.1 Å². The minimum Gasteiger partial charge on any atom is -0.493 e. The molecule has 3 atom stereocenters. The Morgan fingerprint density at radius 2 is 1.86 bits per heavy atom. The molecule has 0 radical (unpaired) electrons. The van der Waals surface area contributed by atoms with Gasteiger partial charge in [0.15, 0.2) is 9.84 Å². The highest BCUT2D eigenvalue weighted by Gasteiger charge is 2.32. The number of fused-ring (bicyclic) bond motifs is 2. The van der Waals surface area contributed by atoms with Gasteiger partial charge in [0.05, 0.1) is 31.1 Å². The molecule has 2 aliphatic heterocycles. The van der Waals surface area contributed by atoms with Gasteiger partial charge in [0, 0.05) is 29.0 Å². The standard InChI is InChI=1S/C33H35FO7S/c1-19-12-24(39-16-21-4-3-11-42(37,38)18-21)13-20(2)32(19)26-7-9-28(34)33-27(26)8-10-29(33)41-23-5-6-25-22(14-31(35)36)17-40-30(25)15-23/h5-7,9,12-13,15,21-22,29H,3-4,8,10-11,14,16-18H2,1-2H3,(H,35,36). The molecule has 42 heavy (non-hydrogen) atoms. The first-order valence-corrected chi connectivity index (χ1v) is 16.3. The highest BCUT2D eigenvalue weighted by molar-refractivity contribution is 7.91. The fraction of sp³-hybridized carbons (Fsp3) is 0.424. The maximum atomic E-state index is 15.3. The predicted molar refractivity (Wildman–Crippen MR) is 157 cm³/mol. The van der Waals surface area contributed by atoms with Crippen molar-refractivity contribution in [3.05, 3.63) is 76.1 Å². The molecule has 1 fully saturated rings. The summed E-state index contributed by atoms with van der Waals surface area (Å²) in [5, 5.41) is 9.16. The van der Waals surface area contributed by atoms with Crippen molar-refractivity contribution < 1.29 is 36.9 Å². The molecule has 3 aromatic rings. The van der Waals surface area contributed by atoms with Gasteiger partial charge in [-0.1, -0.05) is 12.1 Å². The molecule has 3 aromatic carbocycles. The van der Waals surface area contributed by atoms with Crippen LogP contribution in [0.5, 0.6) is 17.2 Å². The number of carbonyl (C=O) groups is 1. The Labute approximate surface area is 245 Å². The van der Waals surface area contributed by atoms with Gasteiger partial charge in [-0.25, -0.2) is 12.8 Å². The number of aliphatic carboxylic acids is 1. The first-order chi connectivity index (χ1) is 20.1. The molecule has 3 unspecified atom stereocenters. The number of hydrogen-bond acceptors (Lipinski definition) is 6. The van der Waals surface area contributed by atoms with Crippen LogP contribution in [0.2, 0.25) is 0 Å². The maximum Gasteiger partial charge on any atom is 0.304 e. The number of benzene rings is 3. The van der Waals surface area contributed by atoms with E-state index >= 15 is 4.39 Å². The SMILES string of the molecule is Cc1cc(OCC2CCCS(=O)(=O)C2)cc(C)c1-c1ccc(F)c2c1CCC2Oc1ccc2c(c1)OCC2CC(=O)O. The molecule has 0 saturated carbocycles. The smallest absolute Gasteiger partial charge is 0.304 e. The van der Waals surface area contributed by atoms with Crippen molar-refractivity contribution in [2.75, 3.05) is 24.7 Å². The number of hydrogen-bond donors (Lipinski definition) is 1. The molecule has 9 heteroatoms. The van der Waals surface area contributed by atoms with Crippen molar-refractivity contribution >= 4 is 15.8 Å². The van der Waals surface area contributed by atoms with Crippen LogP contribution in [0.4, 0.5) is 4.39 Å². The lowest BCUT2D eigenvalue weighted by atomic mass is 9.90. The summed E-state index contributed by atoms with van der Waals surface area (Å²) in [5.74, 6) is 0.982. The van der Waals surface area contributed by atoms with Gasteiger partial charge in [-0.05, 0) is 91.6 Å². The van der Waals surface area contributed by atoms with Crippen LogP contribution in [0.25, 0.3) is 11.1 Å². The lowest BCUT2D eigenvalue weighted by molar-refractivity contribution is -0.137. The number of carboxylic acid groups (broad SMARTS) is 1. The maximum absolute atomic E-state index is 15.3. The lowest BCUT2D eigenvalue weighted by Crippen LogP contribution is -2.29. The van der Waals surface area contributed by atoms with E-state index in [0.29, 0.717) is 55.3 Å². The number of halogens is 1. The fourth-order valence-electron chi connectivity index (χ4n) is 6.79. The highest BCUT2D eigenvalue weighted by Crippen LogP contribution is 2.45. The number of carboxylic acids is 1. The van der Waals surface area contributed by atoms with Gasteiger partial charge in [-0.2, -0.15) is 0 Å². The first kappa shape index (κ1) is 28.5. The van der Waals surface area contributed by atoms with E-state index in [4.69, 9.17) is 19.3 Å². The van der Waals surface area contributed by atoms with Crippen LogP contribution in [0.3, 0.4) is 0 Å². The third kappa shape index (κ3) is 5.71. The molecule has 1 N–H and O–H groups in total. The zero-order valence-corrected chi connectivity index (χ0v) is 24.6. The Morgan fingerprint density at radius 3 is 2.60 bits per heavy atom. The number of rotatable bonds is 8. The summed E-state index contributed by atoms with van der Waals surface area (Å²) in [5.41, 5.74) is 6.38. The average molecular weight is 595 g/mol. The molecule has 222 valence electrons. The molecule has 0 aromatic heterocycles. The quantitative estimate of drug-likeness (QED) is 0.325. The largest absolute Gasteiger partial charge is 0.493 e. The molecule has 0 amide bonds. The van der Waals surface area contributed by atoms with E-state index in [9.17, 15) is 13.2 Å². The Bertz CT molecular complexity index is 1630. The minimum absolute atomic E-state index is 0.00439. The van der Waals surface area contributed by atoms with Crippen molar-refractivity contribution in [2.24, 2.45) is 5.92 Å². The Kier molecular flexibility index (Phi) is 7.64. The summed E-state index contributed by atoms with van der Waals surface area (Å²) in [6, 6.07) is 12.7. The van der Waals surface area contributed by atoms with Gasteiger partial charge >= 0.3 is 5.97 Å². The van der Waals surface area contributed by atoms with Gasteiger partial charge in [0.1, 0.15) is 29.2 Å². The van der Waals surface area contributed by atoms with E-state index in [1.807, 2.05) is 38.1 Å². The van der Waals surface area contributed by atoms with Crippen LogP contribution < -0.4 is 14.2 Å². The van der Waals surface area contributed by atoms with Crippen LogP contribution in [-0.4, -0.2) is 44.2 Å². The molecule has 2 heterocycles. The number of sulfone groups is 1. The average Bonchev–Trinajstić information content (AvgIpc) is 3.52. The predicted octanol–water partition coefficient (Wildman–Crippen LogP) is 6.33. The van der Waals surface area contributed by atoms with E-state index in [1.165, 1.54) is 6.07 Å². The zero-order valence-electron chi connectivity index (χ0n) is 23.8. The zero-order chi connectivity index (χ0) is 29.6. The van der Waals surface area contributed by atoms with Crippen molar-refractivity contribution in [2.45, 2.75) is 58.0 Å². The van der Waals surface area contributed by atoms with E-state index in [-0.39, 0.29) is 35.6 Å². The monoisotopic (exact) mass is 594 g/mol. The highest BCUT2D eigenvalue weighted by atomic mass is 32.2. The van der Waals surface area contributed by atoms with Gasteiger partial charge in [-0.3, -0.25) is 4.79 Å². The van der Waals surface area contributed by atoms with Crippen LogP contribution >= 0.6 is 0 Å². The molecule has 7 nitrogen and oxygen atoms in total. The van der Waals surface area contributed by atoms with Crippen molar-refractivity contribution in [1.82, 2.24) is 0 Å². The second-order valence-corrected chi connectivity index (χ2v) is 14.0. The van der Waals surface area contributed by atoms with Crippen LogP contribution in [0.15, 0.2) is 42.5 Å². The topological polar surface area (TPSA) is 99.1 Å². The third-order valence-electron chi connectivity index (χ3n) is 8.67. The summed E-state index contributed by atoms with van der Waals surface area (Å²) < 4.78 is 57.4. The van der Waals surface area contributed by atoms with Gasteiger partial charge < -0.3 is 19.3 Å². The lowest BCUT2D eigenvalue weighted by Gasteiger charge is -2.23. The molecular formula is C33H35FO7S. The molecule has 3 aliphatic rings. The van der Waals surface area contributed by atoms with Gasteiger partial charge in [-0.15, -0.1) is 0 Å². The normalized spacial score (nSPS) is 22.2. The summed E-state index contributed by atoms with van der Waals surface area (Å²) in [7, 11) is -2.99. The minimum atomic E-state index is -2.99. The van der Waals surface area contributed by atoms with E-state index in [0.717, 1.165) is 39.8 Å². The van der Waals surface area contributed by atoms with Crippen LogP contribution in [0, 0.1) is 25.6 Å². The van der Waals surface area contributed by atoms with E-state index in [2.05, 4.69) is 0 Å². The van der Waals surface area contributed by atoms with Crippen molar-refractivity contribution in [3.8, 4) is 28.4 Å². The molecule has 0 spiro atoms. The second-order valence-electron chi connectivity index (χ2n) is 11.8. The Morgan fingerprint density at radius 1 is 1.07 bits per heavy atom. The summed E-state index contributed by atoms with van der Waals surface area (Å²) in [6.07, 6.45) is 2.39.